The molecule has 1 aromatic heterocycles. The Hall–Kier alpha value is -0.720. The normalized spacial score (nSPS) is 13.7. The predicted octanol–water partition coefficient (Wildman–Crippen LogP) is 3.91. The van der Waals surface area contributed by atoms with Gasteiger partial charge in [-0.2, -0.15) is 0 Å². The van der Waals surface area contributed by atoms with Crippen LogP contribution in [-0.2, 0) is 6.42 Å². The fourth-order valence-corrected chi connectivity index (χ4v) is 1.63. The lowest BCUT2D eigenvalue weighted by Gasteiger charge is -2.14. The molecule has 13 heavy (non-hydrogen) atoms. The zero-order valence-electron chi connectivity index (χ0n) is 9.35. The fraction of sp³-hybridized carbons (Fsp3) is 0.667. The van der Waals surface area contributed by atoms with Gasteiger partial charge in [-0.05, 0) is 30.4 Å². The molecule has 1 unspecified atom stereocenters. The predicted molar refractivity (Wildman–Crippen MR) is 56.1 cm³/mol. The maximum absolute atomic E-state index is 5.61. The Morgan fingerprint density at radius 3 is 2.38 bits per heavy atom. The van der Waals surface area contributed by atoms with Crippen LogP contribution in [0.15, 0.2) is 10.7 Å². The van der Waals surface area contributed by atoms with E-state index in [1.807, 2.05) is 6.26 Å². The molecule has 0 saturated carbocycles. The third-order valence-electron chi connectivity index (χ3n) is 2.90. The molecule has 0 bridgehead atoms. The number of hydrogen-bond acceptors (Lipinski definition) is 1. The van der Waals surface area contributed by atoms with E-state index in [1.54, 1.807) is 0 Å². The summed E-state index contributed by atoms with van der Waals surface area (Å²) in [7, 11) is 0. The van der Waals surface area contributed by atoms with Gasteiger partial charge in [0.05, 0.1) is 6.26 Å². The molecule has 1 atom stereocenters. The molecule has 0 N–H and O–H groups in total. The summed E-state index contributed by atoms with van der Waals surface area (Å²) in [5.74, 6) is 2.37. The van der Waals surface area contributed by atoms with E-state index in [0.29, 0.717) is 11.8 Å². The van der Waals surface area contributed by atoms with Gasteiger partial charge in [0.1, 0.15) is 5.76 Å². The maximum atomic E-state index is 5.61. The molecular formula is C12H20O. The second-order valence-electron chi connectivity index (χ2n) is 4.15. The third-order valence-corrected chi connectivity index (χ3v) is 2.90. The van der Waals surface area contributed by atoms with Gasteiger partial charge < -0.3 is 4.42 Å². The van der Waals surface area contributed by atoms with Gasteiger partial charge in [0.2, 0.25) is 0 Å². The molecule has 0 amide bonds. The summed E-state index contributed by atoms with van der Waals surface area (Å²) in [5.41, 5.74) is 2.70. The number of rotatable bonds is 3. The van der Waals surface area contributed by atoms with Crippen molar-refractivity contribution in [2.45, 2.75) is 47.0 Å². The lowest BCUT2D eigenvalue weighted by molar-refractivity contribution is 0.410. The van der Waals surface area contributed by atoms with Crippen molar-refractivity contribution < 1.29 is 4.42 Å². The molecule has 0 aliphatic heterocycles. The molecule has 0 spiro atoms. The van der Waals surface area contributed by atoms with Gasteiger partial charge in [0.15, 0.2) is 0 Å². The second-order valence-corrected chi connectivity index (χ2v) is 4.15. The van der Waals surface area contributed by atoms with E-state index in [-0.39, 0.29) is 0 Å². The molecule has 1 rings (SSSR count). The molecular weight excluding hydrogens is 160 g/mol. The highest BCUT2D eigenvalue weighted by Gasteiger charge is 2.18. The third kappa shape index (κ3) is 1.96. The molecule has 0 aromatic carbocycles. The van der Waals surface area contributed by atoms with Crippen molar-refractivity contribution in [3.63, 3.8) is 0 Å². The van der Waals surface area contributed by atoms with Gasteiger partial charge in [-0.1, -0.05) is 27.7 Å². The summed E-state index contributed by atoms with van der Waals surface area (Å²) in [6.07, 6.45) is 2.96. The van der Waals surface area contributed by atoms with E-state index in [0.717, 1.165) is 6.42 Å². The summed E-state index contributed by atoms with van der Waals surface area (Å²) in [4.78, 5) is 0. The smallest absolute Gasteiger partial charge is 0.110 e. The lowest BCUT2D eigenvalue weighted by Crippen LogP contribution is -2.03. The average Bonchev–Trinajstić information content (AvgIpc) is 2.45. The van der Waals surface area contributed by atoms with Crippen LogP contribution in [0.5, 0.6) is 0 Å². The standard InChI is InChI=1S/C12H20O/c1-6-11-9(4)7-13-12(11)10(5)8(2)3/h7-8,10H,6H2,1-5H3. The van der Waals surface area contributed by atoms with Crippen LogP contribution in [-0.4, -0.2) is 0 Å². The van der Waals surface area contributed by atoms with Crippen LogP contribution in [0.25, 0.3) is 0 Å². The van der Waals surface area contributed by atoms with E-state index in [2.05, 4.69) is 34.6 Å². The van der Waals surface area contributed by atoms with Crippen molar-refractivity contribution in [3.05, 3.63) is 23.2 Å². The highest BCUT2D eigenvalue weighted by atomic mass is 16.3. The molecule has 1 nitrogen and oxygen atoms in total. The van der Waals surface area contributed by atoms with Crippen LogP contribution in [0.1, 0.15) is 50.5 Å². The van der Waals surface area contributed by atoms with Crippen molar-refractivity contribution >= 4 is 0 Å². The Morgan fingerprint density at radius 2 is 1.92 bits per heavy atom. The highest BCUT2D eigenvalue weighted by Crippen LogP contribution is 2.29. The van der Waals surface area contributed by atoms with E-state index in [9.17, 15) is 0 Å². The number of aryl methyl sites for hydroxylation is 1. The monoisotopic (exact) mass is 180 g/mol. The van der Waals surface area contributed by atoms with Crippen LogP contribution in [0, 0.1) is 12.8 Å². The Morgan fingerprint density at radius 1 is 1.31 bits per heavy atom. The molecule has 0 fully saturated rings. The van der Waals surface area contributed by atoms with Crippen molar-refractivity contribution in [2.75, 3.05) is 0 Å². The number of furan rings is 1. The molecule has 0 aliphatic carbocycles. The van der Waals surface area contributed by atoms with E-state index < -0.39 is 0 Å². The Labute approximate surface area is 81.1 Å². The van der Waals surface area contributed by atoms with Crippen LogP contribution in [0.4, 0.5) is 0 Å². The molecule has 0 saturated heterocycles. The summed E-state index contributed by atoms with van der Waals surface area (Å²) in [6, 6.07) is 0. The van der Waals surface area contributed by atoms with Gasteiger partial charge in [0.25, 0.3) is 0 Å². The van der Waals surface area contributed by atoms with Crippen LogP contribution < -0.4 is 0 Å². The highest BCUT2D eigenvalue weighted by molar-refractivity contribution is 5.29. The lowest BCUT2D eigenvalue weighted by atomic mass is 9.91. The van der Waals surface area contributed by atoms with Crippen molar-refractivity contribution in [1.82, 2.24) is 0 Å². The second kappa shape index (κ2) is 3.99. The molecule has 0 radical (unpaired) electrons. The largest absolute Gasteiger partial charge is 0.468 e. The first-order valence-corrected chi connectivity index (χ1v) is 5.14. The van der Waals surface area contributed by atoms with Crippen molar-refractivity contribution in [2.24, 2.45) is 5.92 Å². The Bertz CT molecular complexity index is 271. The fourth-order valence-electron chi connectivity index (χ4n) is 1.63. The average molecular weight is 180 g/mol. The van der Waals surface area contributed by atoms with Gasteiger partial charge >= 0.3 is 0 Å². The Balaban J connectivity index is 3.00. The summed E-state index contributed by atoms with van der Waals surface area (Å²) >= 11 is 0. The van der Waals surface area contributed by atoms with Crippen molar-refractivity contribution in [1.29, 1.82) is 0 Å². The van der Waals surface area contributed by atoms with Crippen LogP contribution >= 0.6 is 0 Å². The minimum Gasteiger partial charge on any atom is -0.468 e. The zero-order chi connectivity index (χ0) is 10.0. The minimum atomic E-state index is 0.531. The first kappa shape index (κ1) is 10.4. The van der Waals surface area contributed by atoms with Gasteiger partial charge in [-0.15, -0.1) is 0 Å². The van der Waals surface area contributed by atoms with Crippen molar-refractivity contribution in [3.8, 4) is 0 Å². The molecule has 1 heteroatoms. The first-order valence-electron chi connectivity index (χ1n) is 5.14. The first-order chi connectivity index (χ1) is 6.07. The van der Waals surface area contributed by atoms with Crippen LogP contribution in [0.2, 0.25) is 0 Å². The molecule has 1 heterocycles. The quantitative estimate of drug-likeness (QED) is 0.687. The van der Waals surface area contributed by atoms with E-state index in [1.165, 1.54) is 16.9 Å². The van der Waals surface area contributed by atoms with E-state index in [4.69, 9.17) is 4.42 Å². The molecule has 74 valence electrons. The van der Waals surface area contributed by atoms with Crippen LogP contribution in [0.3, 0.4) is 0 Å². The van der Waals surface area contributed by atoms with Gasteiger partial charge in [-0.3, -0.25) is 0 Å². The van der Waals surface area contributed by atoms with Gasteiger partial charge in [0, 0.05) is 5.92 Å². The SMILES string of the molecule is CCc1c(C)coc1C(C)C(C)C. The molecule has 1 aromatic rings. The summed E-state index contributed by atoms with van der Waals surface area (Å²) in [5, 5.41) is 0. The topological polar surface area (TPSA) is 13.1 Å². The Kier molecular flexibility index (Phi) is 3.18. The summed E-state index contributed by atoms with van der Waals surface area (Å²) in [6.45, 7) is 11.0. The number of hydrogen-bond donors (Lipinski definition) is 0. The maximum Gasteiger partial charge on any atom is 0.110 e. The zero-order valence-corrected chi connectivity index (χ0v) is 9.35. The van der Waals surface area contributed by atoms with Gasteiger partial charge in [-0.25, -0.2) is 0 Å². The minimum absolute atomic E-state index is 0.531. The van der Waals surface area contributed by atoms with E-state index >= 15 is 0 Å². The summed E-state index contributed by atoms with van der Waals surface area (Å²) < 4.78 is 5.61. The molecule has 0 aliphatic rings.